The second-order valence-electron chi connectivity index (χ2n) is 5.70. The highest BCUT2D eigenvalue weighted by atomic mass is 35.5. The number of aliphatic hydroxyl groups is 1. The molecule has 0 radical (unpaired) electrons. The number of halogens is 1. The quantitative estimate of drug-likeness (QED) is 0.864. The molecule has 0 bridgehead atoms. The summed E-state index contributed by atoms with van der Waals surface area (Å²) in [6.07, 6.45) is 2.28. The standard InChI is InChI=1S/C16H18ClN3O2S/c17-14-13(18-10-16(22)6-7-23-11-16)8-19-20(15(14)21)9-12-4-2-1-3-5-12/h1-5,8,18,22H,6-7,9-11H2. The molecule has 1 aromatic carbocycles. The van der Waals surface area contributed by atoms with Gasteiger partial charge in [-0.05, 0) is 17.7 Å². The van der Waals surface area contributed by atoms with Crippen molar-refractivity contribution >= 4 is 29.1 Å². The van der Waals surface area contributed by atoms with E-state index in [1.54, 1.807) is 11.8 Å². The highest BCUT2D eigenvalue weighted by molar-refractivity contribution is 7.99. The van der Waals surface area contributed by atoms with Crippen LogP contribution in [0.25, 0.3) is 0 Å². The minimum atomic E-state index is -0.743. The van der Waals surface area contributed by atoms with Gasteiger partial charge in [0.15, 0.2) is 0 Å². The summed E-state index contributed by atoms with van der Waals surface area (Å²) in [5.41, 5.74) is 0.364. The van der Waals surface area contributed by atoms with E-state index >= 15 is 0 Å². The first kappa shape index (κ1) is 16.4. The lowest BCUT2D eigenvalue weighted by Crippen LogP contribution is -2.37. The molecule has 1 atom stereocenters. The minimum Gasteiger partial charge on any atom is -0.387 e. The van der Waals surface area contributed by atoms with Crippen LogP contribution in [0.5, 0.6) is 0 Å². The molecule has 2 aromatic rings. The Labute approximate surface area is 143 Å². The first-order valence-electron chi connectivity index (χ1n) is 7.41. The molecule has 2 heterocycles. The van der Waals surface area contributed by atoms with Gasteiger partial charge in [-0.3, -0.25) is 4.79 Å². The van der Waals surface area contributed by atoms with Gasteiger partial charge in [-0.2, -0.15) is 16.9 Å². The van der Waals surface area contributed by atoms with Crippen LogP contribution in [0.4, 0.5) is 5.69 Å². The lowest BCUT2D eigenvalue weighted by molar-refractivity contribution is 0.0820. The van der Waals surface area contributed by atoms with Crippen molar-refractivity contribution in [1.29, 1.82) is 0 Å². The molecule has 5 nitrogen and oxygen atoms in total. The molecule has 7 heteroatoms. The number of nitrogens with zero attached hydrogens (tertiary/aromatic N) is 2. The molecule has 1 saturated heterocycles. The Kier molecular flexibility index (Phi) is 4.94. The fourth-order valence-electron chi connectivity index (χ4n) is 2.45. The normalized spacial score (nSPS) is 20.6. The molecule has 122 valence electrons. The summed E-state index contributed by atoms with van der Waals surface area (Å²) in [6.45, 7) is 0.740. The second kappa shape index (κ2) is 6.95. The van der Waals surface area contributed by atoms with Crippen molar-refractivity contribution in [3.63, 3.8) is 0 Å². The van der Waals surface area contributed by atoms with Crippen LogP contribution < -0.4 is 10.9 Å². The number of hydrogen-bond donors (Lipinski definition) is 2. The van der Waals surface area contributed by atoms with Crippen LogP contribution in [0.15, 0.2) is 41.3 Å². The Bertz CT molecular complexity index is 730. The SMILES string of the molecule is O=c1c(Cl)c(NCC2(O)CCSC2)cnn1Cc1ccccc1. The molecule has 3 rings (SSSR count). The minimum absolute atomic E-state index is 0.102. The molecule has 1 aliphatic heterocycles. The fraction of sp³-hybridized carbons (Fsp3) is 0.375. The summed E-state index contributed by atoms with van der Waals surface area (Å²) in [5, 5.41) is 17.7. The third-order valence-corrected chi connectivity index (χ3v) is 5.45. The molecule has 0 amide bonds. The lowest BCUT2D eigenvalue weighted by atomic mass is 10.0. The van der Waals surface area contributed by atoms with Crippen molar-refractivity contribution < 1.29 is 5.11 Å². The Morgan fingerprint density at radius 1 is 1.39 bits per heavy atom. The number of nitrogens with one attached hydrogen (secondary N) is 1. The van der Waals surface area contributed by atoms with Gasteiger partial charge in [-0.25, -0.2) is 4.68 Å². The van der Waals surface area contributed by atoms with Crippen molar-refractivity contribution in [2.45, 2.75) is 18.6 Å². The third kappa shape index (κ3) is 3.88. The first-order chi connectivity index (χ1) is 11.1. The number of rotatable bonds is 5. The van der Waals surface area contributed by atoms with Crippen molar-refractivity contribution in [1.82, 2.24) is 9.78 Å². The Morgan fingerprint density at radius 2 is 2.17 bits per heavy atom. The van der Waals surface area contributed by atoms with Gasteiger partial charge in [0.05, 0.1) is 24.0 Å². The summed E-state index contributed by atoms with van der Waals surface area (Å²) >= 11 is 7.90. The molecule has 1 aromatic heterocycles. The number of benzene rings is 1. The molecule has 2 N–H and O–H groups in total. The molecule has 1 fully saturated rings. The summed E-state index contributed by atoms with van der Waals surface area (Å²) < 4.78 is 1.34. The summed E-state index contributed by atoms with van der Waals surface area (Å²) in [4.78, 5) is 12.3. The summed E-state index contributed by atoms with van der Waals surface area (Å²) in [5.74, 6) is 1.64. The van der Waals surface area contributed by atoms with E-state index < -0.39 is 5.60 Å². The van der Waals surface area contributed by atoms with Crippen molar-refractivity contribution in [3.05, 3.63) is 57.5 Å². The maximum atomic E-state index is 12.3. The zero-order valence-electron chi connectivity index (χ0n) is 12.5. The van der Waals surface area contributed by atoms with Gasteiger partial charge in [0.25, 0.3) is 5.56 Å². The van der Waals surface area contributed by atoms with E-state index in [9.17, 15) is 9.90 Å². The van der Waals surface area contributed by atoms with Crippen LogP contribution in [0.3, 0.4) is 0 Å². The van der Waals surface area contributed by atoms with Gasteiger partial charge in [0.1, 0.15) is 5.02 Å². The fourth-order valence-corrected chi connectivity index (χ4v) is 3.96. The molecule has 0 spiro atoms. The van der Waals surface area contributed by atoms with Gasteiger partial charge in [-0.15, -0.1) is 0 Å². The van der Waals surface area contributed by atoms with Crippen molar-refractivity contribution in [3.8, 4) is 0 Å². The average molecular weight is 352 g/mol. The molecule has 0 aliphatic carbocycles. The Morgan fingerprint density at radius 3 is 2.87 bits per heavy atom. The Hall–Kier alpha value is -1.50. The lowest BCUT2D eigenvalue weighted by Gasteiger charge is -2.22. The van der Waals surface area contributed by atoms with E-state index in [0.29, 0.717) is 24.5 Å². The highest BCUT2D eigenvalue weighted by Gasteiger charge is 2.31. The smallest absolute Gasteiger partial charge is 0.287 e. The average Bonchev–Trinajstić information content (AvgIpc) is 2.99. The number of anilines is 1. The van der Waals surface area contributed by atoms with E-state index in [2.05, 4.69) is 10.4 Å². The predicted molar refractivity (Wildman–Crippen MR) is 94.4 cm³/mol. The van der Waals surface area contributed by atoms with Crippen LogP contribution >= 0.6 is 23.4 Å². The largest absolute Gasteiger partial charge is 0.387 e. The molecule has 1 aliphatic rings. The second-order valence-corrected chi connectivity index (χ2v) is 7.18. The van der Waals surface area contributed by atoms with Crippen molar-refractivity contribution in [2.24, 2.45) is 0 Å². The number of thioether (sulfide) groups is 1. The molecular weight excluding hydrogens is 334 g/mol. The molecule has 0 saturated carbocycles. The van der Waals surface area contributed by atoms with Gasteiger partial charge in [-0.1, -0.05) is 41.9 Å². The van der Waals surface area contributed by atoms with Gasteiger partial charge in [0, 0.05) is 12.3 Å². The molecule has 23 heavy (non-hydrogen) atoms. The van der Waals surface area contributed by atoms with Crippen LogP contribution in [-0.4, -0.2) is 38.5 Å². The highest BCUT2D eigenvalue weighted by Crippen LogP contribution is 2.28. The van der Waals surface area contributed by atoms with E-state index in [4.69, 9.17) is 11.6 Å². The third-order valence-electron chi connectivity index (χ3n) is 3.85. The maximum absolute atomic E-state index is 12.3. The van der Waals surface area contributed by atoms with Crippen LogP contribution in [0.2, 0.25) is 5.02 Å². The number of hydrogen-bond acceptors (Lipinski definition) is 5. The monoisotopic (exact) mass is 351 g/mol. The van der Waals surface area contributed by atoms with Crippen LogP contribution in [-0.2, 0) is 6.54 Å². The first-order valence-corrected chi connectivity index (χ1v) is 8.94. The van der Waals surface area contributed by atoms with Gasteiger partial charge in [0.2, 0.25) is 0 Å². The maximum Gasteiger partial charge on any atom is 0.287 e. The van der Waals surface area contributed by atoms with E-state index in [1.807, 2.05) is 30.3 Å². The van der Waals surface area contributed by atoms with E-state index in [1.165, 1.54) is 10.9 Å². The zero-order valence-corrected chi connectivity index (χ0v) is 14.1. The Balaban J connectivity index is 1.74. The van der Waals surface area contributed by atoms with Gasteiger partial charge >= 0.3 is 0 Å². The molecular formula is C16H18ClN3O2S. The van der Waals surface area contributed by atoms with Crippen LogP contribution in [0, 0.1) is 0 Å². The predicted octanol–water partition coefficient (Wildman–Crippen LogP) is 2.22. The van der Waals surface area contributed by atoms with E-state index in [-0.39, 0.29) is 10.6 Å². The summed E-state index contributed by atoms with van der Waals surface area (Å²) in [7, 11) is 0. The summed E-state index contributed by atoms with van der Waals surface area (Å²) in [6, 6.07) is 9.62. The van der Waals surface area contributed by atoms with Crippen LogP contribution in [0.1, 0.15) is 12.0 Å². The number of aromatic nitrogens is 2. The topological polar surface area (TPSA) is 67.2 Å². The molecule has 1 unspecified atom stereocenters. The zero-order chi connectivity index (χ0) is 16.3. The van der Waals surface area contributed by atoms with Crippen molar-refractivity contribution in [2.75, 3.05) is 23.4 Å². The van der Waals surface area contributed by atoms with E-state index in [0.717, 1.165) is 17.7 Å². The van der Waals surface area contributed by atoms with Gasteiger partial charge < -0.3 is 10.4 Å².